The number of carbonyl (C=O) groups excluding carboxylic acids is 2. The lowest BCUT2D eigenvalue weighted by Crippen LogP contribution is -2.36. The van der Waals surface area contributed by atoms with Crippen molar-refractivity contribution in [2.75, 3.05) is 16.8 Å². The van der Waals surface area contributed by atoms with Gasteiger partial charge in [-0.05, 0) is 54.7 Å². The number of hydrogen-bond donors (Lipinski definition) is 1. The Bertz CT molecular complexity index is 1040. The van der Waals surface area contributed by atoms with Crippen molar-refractivity contribution in [2.24, 2.45) is 0 Å². The zero-order valence-corrected chi connectivity index (χ0v) is 16.5. The smallest absolute Gasteiger partial charge is 0.258 e. The minimum absolute atomic E-state index is 0.0283. The summed E-state index contributed by atoms with van der Waals surface area (Å²) in [6.07, 6.45) is 2.25. The molecule has 1 aliphatic rings. The number of rotatable bonds is 4. The molecule has 1 heterocycles. The highest BCUT2D eigenvalue weighted by molar-refractivity contribution is 6.08. The van der Waals surface area contributed by atoms with Crippen molar-refractivity contribution < 1.29 is 9.59 Å². The summed E-state index contributed by atoms with van der Waals surface area (Å²) in [4.78, 5) is 27.5. The van der Waals surface area contributed by atoms with Crippen molar-refractivity contribution in [3.05, 3.63) is 95.1 Å². The van der Waals surface area contributed by atoms with E-state index in [2.05, 4.69) is 11.4 Å². The van der Waals surface area contributed by atoms with Gasteiger partial charge in [-0.3, -0.25) is 9.59 Å². The monoisotopic (exact) mass is 384 g/mol. The zero-order chi connectivity index (χ0) is 20.2. The van der Waals surface area contributed by atoms with E-state index in [-0.39, 0.29) is 11.8 Å². The van der Waals surface area contributed by atoms with Crippen molar-refractivity contribution in [1.29, 1.82) is 0 Å². The van der Waals surface area contributed by atoms with Crippen LogP contribution in [0, 0.1) is 6.92 Å². The van der Waals surface area contributed by atoms with E-state index in [1.54, 1.807) is 6.07 Å². The van der Waals surface area contributed by atoms with E-state index in [1.165, 1.54) is 5.56 Å². The van der Waals surface area contributed by atoms with E-state index in [9.17, 15) is 9.59 Å². The lowest BCUT2D eigenvalue weighted by atomic mass is 9.97. The topological polar surface area (TPSA) is 49.4 Å². The van der Waals surface area contributed by atoms with Gasteiger partial charge in [0.2, 0.25) is 5.91 Å². The van der Waals surface area contributed by atoms with E-state index in [0.29, 0.717) is 24.2 Å². The Hall–Kier alpha value is -3.40. The summed E-state index contributed by atoms with van der Waals surface area (Å²) in [5.41, 5.74) is 5.54. The van der Waals surface area contributed by atoms with Crippen LogP contribution in [-0.4, -0.2) is 18.4 Å². The number of carbonyl (C=O) groups is 2. The number of amides is 2. The molecule has 0 aliphatic carbocycles. The van der Waals surface area contributed by atoms with E-state index in [1.807, 2.05) is 72.5 Å². The molecule has 0 spiro atoms. The maximum atomic E-state index is 13.3. The van der Waals surface area contributed by atoms with Crippen LogP contribution in [0.25, 0.3) is 0 Å². The van der Waals surface area contributed by atoms with Gasteiger partial charge in [0, 0.05) is 17.8 Å². The second kappa shape index (κ2) is 8.31. The molecule has 0 fully saturated rings. The first-order valence-electron chi connectivity index (χ1n) is 9.96. The number of benzene rings is 3. The van der Waals surface area contributed by atoms with E-state index in [0.717, 1.165) is 29.7 Å². The molecule has 0 atom stereocenters. The third-order valence-corrected chi connectivity index (χ3v) is 5.27. The lowest BCUT2D eigenvalue weighted by molar-refractivity contribution is -0.115. The van der Waals surface area contributed by atoms with Gasteiger partial charge in [0.05, 0.1) is 12.1 Å². The van der Waals surface area contributed by atoms with Crippen molar-refractivity contribution >= 4 is 23.2 Å². The molecule has 4 nitrogen and oxygen atoms in total. The molecule has 1 aliphatic heterocycles. The van der Waals surface area contributed by atoms with E-state index in [4.69, 9.17) is 0 Å². The average molecular weight is 384 g/mol. The van der Waals surface area contributed by atoms with Crippen molar-refractivity contribution in [3.8, 4) is 0 Å². The van der Waals surface area contributed by atoms with Crippen LogP contribution in [0.15, 0.2) is 72.8 Å². The molecule has 3 aromatic rings. The van der Waals surface area contributed by atoms with Gasteiger partial charge >= 0.3 is 0 Å². The van der Waals surface area contributed by atoms with Crippen LogP contribution in [0.4, 0.5) is 11.4 Å². The fraction of sp³-hybridized carbons (Fsp3) is 0.200. The number of para-hydroxylation sites is 1. The molecular weight excluding hydrogens is 360 g/mol. The van der Waals surface area contributed by atoms with E-state index < -0.39 is 0 Å². The lowest BCUT2D eigenvalue weighted by Gasteiger charge is -2.31. The molecule has 2 amide bonds. The van der Waals surface area contributed by atoms with E-state index >= 15 is 0 Å². The molecule has 29 heavy (non-hydrogen) atoms. The molecule has 0 aromatic heterocycles. The summed E-state index contributed by atoms with van der Waals surface area (Å²) in [5.74, 6) is -0.126. The Balaban J connectivity index is 1.52. The Labute approximate surface area is 171 Å². The molecule has 146 valence electrons. The highest BCUT2D eigenvalue weighted by atomic mass is 16.2. The first-order chi connectivity index (χ1) is 14.1. The predicted molar refractivity (Wildman–Crippen MR) is 116 cm³/mol. The van der Waals surface area contributed by atoms with Gasteiger partial charge in [0.25, 0.3) is 5.91 Å². The van der Waals surface area contributed by atoms with Crippen LogP contribution < -0.4 is 10.2 Å². The number of anilines is 2. The van der Waals surface area contributed by atoms with Gasteiger partial charge in [-0.25, -0.2) is 0 Å². The Morgan fingerprint density at radius 3 is 2.59 bits per heavy atom. The quantitative estimate of drug-likeness (QED) is 0.704. The second-order valence-corrected chi connectivity index (χ2v) is 7.43. The Morgan fingerprint density at radius 1 is 0.966 bits per heavy atom. The van der Waals surface area contributed by atoms with Gasteiger partial charge in [0.1, 0.15) is 0 Å². The van der Waals surface area contributed by atoms with Crippen molar-refractivity contribution in [3.63, 3.8) is 0 Å². The normalized spacial score (nSPS) is 12.9. The molecule has 4 heteroatoms. The number of fused-ring (bicyclic) bond motifs is 1. The van der Waals surface area contributed by atoms with Gasteiger partial charge in [-0.1, -0.05) is 54.6 Å². The summed E-state index contributed by atoms with van der Waals surface area (Å²) in [5, 5.41) is 2.91. The van der Waals surface area contributed by atoms with Crippen LogP contribution in [0.2, 0.25) is 0 Å². The maximum Gasteiger partial charge on any atom is 0.258 e. The van der Waals surface area contributed by atoms with Crippen molar-refractivity contribution in [1.82, 2.24) is 0 Å². The molecule has 0 saturated carbocycles. The van der Waals surface area contributed by atoms with Crippen LogP contribution in [0.3, 0.4) is 0 Å². The Kier molecular flexibility index (Phi) is 5.43. The number of nitrogens with one attached hydrogen (secondary N) is 1. The second-order valence-electron chi connectivity index (χ2n) is 7.43. The average Bonchev–Trinajstić information content (AvgIpc) is 2.74. The highest BCUT2D eigenvalue weighted by Crippen LogP contribution is 2.31. The van der Waals surface area contributed by atoms with Crippen molar-refractivity contribution in [2.45, 2.75) is 26.2 Å². The zero-order valence-electron chi connectivity index (χ0n) is 16.5. The molecule has 0 bridgehead atoms. The first-order valence-corrected chi connectivity index (χ1v) is 9.96. The number of nitrogens with zero attached hydrogens (tertiary/aromatic N) is 1. The molecule has 0 unspecified atom stereocenters. The maximum absolute atomic E-state index is 13.3. The van der Waals surface area contributed by atoms with Crippen LogP contribution in [-0.2, 0) is 17.6 Å². The minimum atomic E-state index is -0.0973. The molecular formula is C25H24N2O2. The Morgan fingerprint density at radius 2 is 1.76 bits per heavy atom. The predicted octanol–water partition coefficient (Wildman–Crippen LogP) is 4.77. The summed E-state index contributed by atoms with van der Waals surface area (Å²) in [6.45, 7) is 2.76. The molecule has 0 radical (unpaired) electrons. The third-order valence-electron chi connectivity index (χ3n) is 5.27. The third kappa shape index (κ3) is 4.21. The summed E-state index contributed by atoms with van der Waals surface area (Å²) >= 11 is 0. The summed E-state index contributed by atoms with van der Waals surface area (Å²) in [7, 11) is 0. The fourth-order valence-corrected chi connectivity index (χ4v) is 3.92. The SMILES string of the molecule is Cc1cccc2c1N(C(=O)c1cccc(NC(=O)Cc3ccccc3)c1)CCC2. The van der Waals surface area contributed by atoms with Crippen LogP contribution >= 0.6 is 0 Å². The molecule has 3 aromatic carbocycles. The van der Waals surface area contributed by atoms with Gasteiger partial charge in [0.15, 0.2) is 0 Å². The fourth-order valence-electron chi connectivity index (χ4n) is 3.92. The summed E-state index contributed by atoms with van der Waals surface area (Å²) < 4.78 is 0. The van der Waals surface area contributed by atoms with Crippen LogP contribution in [0.5, 0.6) is 0 Å². The molecule has 1 N–H and O–H groups in total. The summed E-state index contributed by atoms with van der Waals surface area (Å²) in [6, 6.07) is 23.0. The van der Waals surface area contributed by atoms with Crippen LogP contribution in [0.1, 0.15) is 33.5 Å². The molecule has 4 rings (SSSR count). The molecule has 0 saturated heterocycles. The first kappa shape index (κ1) is 18.9. The largest absolute Gasteiger partial charge is 0.326 e. The van der Waals surface area contributed by atoms with Gasteiger partial charge < -0.3 is 10.2 Å². The van der Waals surface area contributed by atoms with Gasteiger partial charge in [-0.2, -0.15) is 0 Å². The van der Waals surface area contributed by atoms with Gasteiger partial charge in [-0.15, -0.1) is 0 Å². The highest BCUT2D eigenvalue weighted by Gasteiger charge is 2.25. The minimum Gasteiger partial charge on any atom is -0.326 e. The number of hydrogen-bond acceptors (Lipinski definition) is 2. The standard InChI is InChI=1S/C25H24N2O2/c1-18-8-5-11-20-13-7-15-27(24(18)20)25(29)21-12-6-14-22(17-21)26-23(28)16-19-9-3-2-4-10-19/h2-6,8-12,14,17H,7,13,15-16H2,1H3,(H,26,28). The number of aryl methyl sites for hydroxylation is 2.